The molecule has 0 aliphatic carbocycles. The Bertz CT molecular complexity index is 722. The summed E-state index contributed by atoms with van der Waals surface area (Å²) in [6, 6.07) is -2.01. The number of sulfonamides is 1. The van der Waals surface area contributed by atoms with Crippen LogP contribution in [0.3, 0.4) is 0 Å². The molecule has 2 heterocycles. The number of piperidine rings is 1. The van der Waals surface area contributed by atoms with Gasteiger partial charge in [-0.1, -0.05) is 5.16 Å². The van der Waals surface area contributed by atoms with E-state index in [1.165, 1.54) is 25.7 Å². The minimum atomic E-state index is -4.00. The molecule has 0 spiro atoms. The van der Waals surface area contributed by atoms with Gasteiger partial charge in [-0.05, 0) is 40.0 Å². The number of nitrogens with zero attached hydrogens (tertiary/aromatic N) is 2. The summed E-state index contributed by atoms with van der Waals surface area (Å²) in [6.45, 7) is 4.65. The number of likely N-dealkylation sites (tertiary alicyclic amines) is 1. The van der Waals surface area contributed by atoms with E-state index in [9.17, 15) is 23.1 Å². The highest BCUT2D eigenvalue weighted by molar-refractivity contribution is 7.89. The smallest absolute Gasteiger partial charge is 0.326 e. The molecule has 1 aliphatic rings. The van der Waals surface area contributed by atoms with Crippen LogP contribution in [-0.4, -0.2) is 54.1 Å². The van der Waals surface area contributed by atoms with Gasteiger partial charge in [0.15, 0.2) is 5.76 Å². The Morgan fingerprint density at radius 1 is 1.38 bits per heavy atom. The second-order valence-electron chi connectivity index (χ2n) is 5.88. The fourth-order valence-electron chi connectivity index (χ4n) is 2.90. The maximum absolute atomic E-state index is 12.5. The lowest BCUT2D eigenvalue weighted by molar-refractivity contribution is -0.152. The molecule has 2 atom stereocenters. The van der Waals surface area contributed by atoms with Crippen LogP contribution in [0.4, 0.5) is 0 Å². The van der Waals surface area contributed by atoms with Crippen molar-refractivity contribution in [3.8, 4) is 0 Å². The van der Waals surface area contributed by atoms with Crippen LogP contribution in [0, 0.1) is 13.8 Å². The van der Waals surface area contributed by atoms with E-state index in [1.807, 2.05) is 0 Å². The predicted molar refractivity (Wildman–Crippen MR) is 82.7 cm³/mol. The zero-order valence-corrected chi connectivity index (χ0v) is 14.6. The Morgan fingerprint density at radius 3 is 2.58 bits per heavy atom. The first-order chi connectivity index (χ1) is 11.1. The van der Waals surface area contributed by atoms with E-state index in [0.717, 1.165) is 6.42 Å². The Kier molecular flexibility index (Phi) is 5.29. The quantitative estimate of drug-likeness (QED) is 0.779. The third-order valence-corrected chi connectivity index (χ3v) is 5.79. The van der Waals surface area contributed by atoms with Crippen LogP contribution in [0.5, 0.6) is 0 Å². The van der Waals surface area contributed by atoms with E-state index >= 15 is 0 Å². The average Bonchev–Trinajstić information content (AvgIpc) is 2.85. The molecule has 9 nitrogen and oxygen atoms in total. The molecule has 10 heteroatoms. The number of carbonyl (C=O) groups excluding carboxylic acids is 1. The van der Waals surface area contributed by atoms with E-state index in [1.54, 1.807) is 0 Å². The molecule has 1 saturated heterocycles. The molecule has 1 unspecified atom stereocenters. The maximum Gasteiger partial charge on any atom is 0.326 e. The highest BCUT2D eigenvalue weighted by Gasteiger charge is 2.36. The second kappa shape index (κ2) is 6.89. The van der Waals surface area contributed by atoms with Gasteiger partial charge in [0.25, 0.3) is 0 Å². The van der Waals surface area contributed by atoms with Crippen LogP contribution < -0.4 is 4.72 Å². The lowest BCUT2D eigenvalue weighted by Crippen LogP contribution is -2.54. The van der Waals surface area contributed by atoms with Crippen molar-refractivity contribution in [1.82, 2.24) is 14.8 Å². The number of carboxylic acids is 1. The first kappa shape index (κ1) is 18.4. The van der Waals surface area contributed by atoms with Crippen molar-refractivity contribution in [2.45, 2.75) is 57.0 Å². The lowest BCUT2D eigenvalue weighted by atomic mass is 10.0. The number of hydrogen-bond acceptors (Lipinski definition) is 6. The largest absolute Gasteiger partial charge is 0.480 e. The molecular formula is C14H21N3O6S. The molecule has 2 N–H and O–H groups in total. The molecule has 1 fully saturated rings. The number of rotatable bonds is 5. The van der Waals surface area contributed by atoms with Gasteiger partial charge in [-0.2, -0.15) is 4.72 Å². The molecule has 0 aromatic carbocycles. The number of hydrogen-bond donors (Lipinski definition) is 2. The molecule has 0 saturated carbocycles. The van der Waals surface area contributed by atoms with Crippen LogP contribution in [0.1, 0.15) is 37.6 Å². The molecule has 1 amide bonds. The number of carbonyl (C=O) groups is 2. The fourth-order valence-corrected chi connectivity index (χ4v) is 4.43. The first-order valence-corrected chi connectivity index (χ1v) is 9.12. The summed E-state index contributed by atoms with van der Waals surface area (Å²) in [7, 11) is -4.00. The average molecular weight is 359 g/mol. The normalized spacial score (nSPS) is 20.0. The lowest BCUT2D eigenvalue weighted by Gasteiger charge is -2.34. The molecule has 1 aliphatic heterocycles. The van der Waals surface area contributed by atoms with Crippen LogP contribution >= 0.6 is 0 Å². The van der Waals surface area contributed by atoms with Crippen LogP contribution in [-0.2, 0) is 19.6 Å². The van der Waals surface area contributed by atoms with Crippen LogP contribution in [0.2, 0.25) is 0 Å². The number of aryl methyl sites for hydroxylation is 2. The maximum atomic E-state index is 12.5. The summed E-state index contributed by atoms with van der Waals surface area (Å²) in [5, 5.41) is 12.8. The number of aliphatic carboxylic acids is 1. The summed E-state index contributed by atoms with van der Waals surface area (Å²) in [4.78, 5) is 25.0. The van der Waals surface area contributed by atoms with Crippen molar-refractivity contribution in [3.63, 3.8) is 0 Å². The van der Waals surface area contributed by atoms with Crippen molar-refractivity contribution in [1.29, 1.82) is 0 Å². The third kappa shape index (κ3) is 3.59. The molecule has 134 valence electrons. The van der Waals surface area contributed by atoms with Crippen molar-refractivity contribution >= 4 is 21.9 Å². The minimum absolute atomic E-state index is 0.101. The monoisotopic (exact) mass is 359 g/mol. The van der Waals surface area contributed by atoms with Gasteiger partial charge in [0.05, 0.1) is 6.04 Å². The zero-order chi connectivity index (χ0) is 18.1. The van der Waals surface area contributed by atoms with Crippen molar-refractivity contribution in [3.05, 3.63) is 11.5 Å². The number of amides is 1. The summed E-state index contributed by atoms with van der Waals surface area (Å²) in [5.74, 6) is -1.51. The Labute approximate surface area is 140 Å². The van der Waals surface area contributed by atoms with E-state index < -0.39 is 34.0 Å². The fraction of sp³-hybridized carbons (Fsp3) is 0.643. The van der Waals surface area contributed by atoms with Gasteiger partial charge in [-0.3, -0.25) is 4.79 Å². The molecule has 0 bridgehead atoms. The third-order valence-electron chi connectivity index (χ3n) is 4.01. The van der Waals surface area contributed by atoms with Crippen molar-refractivity contribution in [2.24, 2.45) is 0 Å². The second-order valence-corrected chi connectivity index (χ2v) is 7.53. The minimum Gasteiger partial charge on any atom is -0.480 e. The van der Waals surface area contributed by atoms with E-state index in [2.05, 4.69) is 9.88 Å². The van der Waals surface area contributed by atoms with Crippen LogP contribution in [0.15, 0.2) is 9.42 Å². The summed E-state index contributed by atoms with van der Waals surface area (Å²) in [6.07, 6.45) is 1.78. The topological polar surface area (TPSA) is 130 Å². The van der Waals surface area contributed by atoms with Gasteiger partial charge in [-0.15, -0.1) is 0 Å². The van der Waals surface area contributed by atoms with Gasteiger partial charge in [-0.25, -0.2) is 13.2 Å². The van der Waals surface area contributed by atoms with E-state index in [0.29, 0.717) is 19.4 Å². The standard InChI is InChI=1S/C14H21N3O6S/c1-8-12(10(3)23-15-8)24(21,22)16-9(2)13(18)17-7-5-4-6-11(17)14(19)20/h9,11,16H,4-7H2,1-3H3,(H,19,20)/t9?,11-/m1/s1. The molecule has 1 aromatic heterocycles. The van der Waals surface area contributed by atoms with Gasteiger partial charge in [0.1, 0.15) is 16.6 Å². The molecule has 1 aromatic rings. The highest BCUT2D eigenvalue weighted by Crippen LogP contribution is 2.21. The Hall–Kier alpha value is -1.94. The van der Waals surface area contributed by atoms with Gasteiger partial charge >= 0.3 is 5.97 Å². The van der Waals surface area contributed by atoms with E-state index in [4.69, 9.17) is 4.52 Å². The molecular weight excluding hydrogens is 338 g/mol. The first-order valence-electron chi connectivity index (χ1n) is 7.63. The predicted octanol–water partition coefficient (Wildman–Crippen LogP) is 0.424. The molecule has 2 rings (SSSR count). The zero-order valence-electron chi connectivity index (χ0n) is 13.8. The van der Waals surface area contributed by atoms with E-state index in [-0.39, 0.29) is 16.3 Å². The summed E-state index contributed by atoms with van der Waals surface area (Å²) >= 11 is 0. The van der Waals surface area contributed by atoms with Crippen molar-refractivity contribution < 1.29 is 27.6 Å². The Balaban J connectivity index is 2.18. The highest BCUT2D eigenvalue weighted by atomic mass is 32.2. The number of nitrogens with one attached hydrogen (secondary N) is 1. The SMILES string of the molecule is Cc1noc(C)c1S(=O)(=O)NC(C)C(=O)N1CCCC[C@@H]1C(=O)O. The van der Waals surface area contributed by atoms with Gasteiger partial charge in [0, 0.05) is 6.54 Å². The number of aromatic nitrogens is 1. The summed E-state index contributed by atoms with van der Waals surface area (Å²) < 4.78 is 32.0. The summed E-state index contributed by atoms with van der Waals surface area (Å²) in [5.41, 5.74) is 0.195. The molecule has 0 radical (unpaired) electrons. The van der Waals surface area contributed by atoms with Crippen molar-refractivity contribution in [2.75, 3.05) is 6.54 Å². The van der Waals surface area contributed by atoms with Gasteiger partial charge in [0.2, 0.25) is 15.9 Å². The molecule has 24 heavy (non-hydrogen) atoms. The Morgan fingerprint density at radius 2 is 2.04 bits per heavy atom. The number of carboxylic acid groups (broad SMARTS) is 1. The van der Waals surface area contributed by atoms with Crippen LogP contribution in [0.25, 0.3) is 0 Å². The van der Waals surface area contributed by atoms with Gasteiger partial charge < -0.3 is 14.5 Å².